The number of halogens is 1. The lowest BCUT2D eigenvalue weighted by Crippen LogP contribution is -2.40. The smallest absolute Gasteiger partial charge is 0.256 e. The minimum absolute atomic E-state index is 0.121. The number of nitrogens with one attached hydrogen (secondary N) is 2. The van der Waals surface area contributed by atoms with E-state index in [9.17, 15) is 9.50 Å². The van der Waals surface area contributed by atoms with Gasteiger partial charge in [0.25, 0.3) is 5.88 Å². The molecule has 2 fully saturated rings. The van der Waals surface area contributed by atoms with Crippen molar-refractivity contribution in [1.29, 1.82) is 0 Å². The van der Waals surface area contributed by atoms with E-state index >= 15 is 0 Å². The molecule has 0 unspecified atom stereocenters. The molecule has 2 aliphatic heterocycles. The molecule has 8 rings (SSSR count). The van der Waals surface area contributed by atoms with Gasteiger partial charge in [-0.15, -0.1) is 5.10 Å². The maximum atomic E-state index is 14.3. The predicted molar refractivity (Wildman–Crippen MR) is 231 cm³/mol. The van der Waals surface area contributed by atoms with Crippen molar-refractivity contribution in [2.45, 2.75) is 70.4 Å². The largest absolute Gasteiger partial charge is 0.478 e. The number of methoxy groups -OCH3 is 1. The van der Waals surface area contributed by atoms with E-state index in [1.165, 1.54) is 0 Å². The van der Waals surface area contributed by atoms with Crippen LogP contribution in [0.5, 0.6) is 11.8 Å². The number of nitrogens with two attached hydrogens (primary N) is 1. The van der Waals surface area contributed by atoms with Gasteiger partial charge in [-0.05, 0) is 37.7 Å². The molecular formula is C41H56FN15O5. The van der Waals surface area contributed by atoms with Gasteiger partial charge in [0.15, 0.2) is 22.6 Å². The van der Waals surface area contributed by atoms with Gasteiger partial charge in [0.1, 0.15) is 30.1 Å². The molecule has 5 N–H and O–H groups in total. The number of rotatable bonds is 21. The first-order chi connectivity index (χ1) is 30.3. The first-order valence-corrected chi connectivity index (χ1v) is 21.3. The summed E-state index contributed by atoms with van der Waals surface area (Å²) in [6.45, 7) is 6.57. The number of aromatic nitrogens is 10. The van der Waals surface area contributed by atoms with Crippen LogP contribution in [-0.4, -0.2) is 139 Å². The maximum Gasteiger partial charge on any atom is 0.256 e. The van der Waals surface area contributed by atoms with Crippen molar-refractivity contribution >= 4 is 45.9 Å². The van der Waals surface area contributed by atoms with Crippen LogP contribution in [0.2, 0.25) is 0 Å². The van der Waals surface area contributed by atoms with Crippen LogP contribution in [0.25, 0.3) is 16.8 Å². The van der Waals surface area contributed by atoms with E-state index in [1.54, 1.807) is 40.0 Å². The van der Waals surface area contributed by atoms with Gasteiger partial charge in [0.2, 0.25) is 11.8 Å². The monoisotopic (exact) mass is 857 g/mol. The van der Waals surface area contributed by atoms with Crippen molar-refractivity contribution in [3.8, 4) is 11.8 Å². The van der Waals surface area contributed by atoms with Gasteiger partial charge in [0, 0.05) is 63.2 Å². The Morgan fingerprint density at radius 1 is 1.00 bits per heavy atom. The van der Waals surface area contributed by atoms with Crippen molar-refractivity contribution in [3.63, 3.8) is 0 Å². The van der Waals surface area contributed by atoms with E-state index in [1.807, 2.05) is 29.9 Å². The molecule has 0 spiro atoms. The third kappa shape index (κ3) is 9.75. The fraction of sp³-hybridized carbons (Fsp3) is 0.537. The summed E-state index contributed by atoms with van der Waals surface area (Å²) in [5, 5.41) is 25.7. The van der Waals surface area contributed by atoms with Crippen molar-refractivity contribution in [2.24, 2.45) is 12.8 Å². The van der Waals surface area contributed by atoms with Crippen LogP contribution in [0.4, 0.5) is 33.5 Å². The van der Waals surface area contributed by atoms with Crippen molar-refractivity contribution in [1.82, 2.24) is 48.9 Å². The number of imidazole rings is 1. The summed E-state index contributed by atoms with van der Waals surface area (Å²) in [6.07, 6.45) is 10.9. The number of hydrogen-bond donors (Lipinski definition) is 4. The van der Waals surface area contributed by atoms with Crippen LogP contribution >= 0.6 is 0 Å². The Morgan fingerprint density at radius 3 is 2.63 bits per heavy atom. The second-order valence-electron chi connectivity index (χ2n) is 15.5. The SMILES string of the molecule is CCc1cnn2c(NCc3ccc(OCCOCCOCCn4cc(Nc5nc(N6C[C@@H](N)[C@H](F)C6)nc6c5ncn6C)c(OC)n4)nc3)cc(N3CCCC[C@H]3CCO)nc12. The number of ether oxygens (including phenoxy) is 4. The van der Waals surface area contributed by atoms with Gasteiger partial charge in [-0.2, -0.15) is 19.6 Å². The number of anilines is 5. The Balaban J connectivity index is 0.759. The van der Waals surface area contributed by atoms with E-state index < -0.39 is 12.2 Å². The fourth-order valence-electron chi connectivity index (χ4n) is 7.81. The number of hydrogen-bond acceptors (Lipinski definition) is 17. The Labute approximate surface area is 358 Å². The fourth-order valence-corrected chi connectivity index (χ4v) is 7.81. The summed E-state index contributed by atoms with van der Waals surface area (Å²) in [4.78, 5) is 27.4. The summed E-state index contributed by atoms with van der Waals surface area (Å²) in [5.74, 6) is 3.46. The number of aliphatic hydroxyl groups is 1. The van der Waals surface area contributed by atoms with Crippen LogP contribution in [0.15, 0.2) is 43.1 Å². The number of alkyl halides is 1. The second-order valence-corrected chi connectivity index (χ2v) is 15.5. The number of fused-ring (bicyclic) bond motifs is 2. The normalized spacial score (nSPS) is 18.0. The average molecular weight is 858 g/mol. The number of pyridine rings is 1. The minimum Gasteiger partial charge on any atom is -0.478 e. The molecule has 2 saturated heterocycles. The van der Waals surface area contributed by atoms with Gasteiger partial charge in [0.05, 0.1) is 71.4 Å². The Hall–Kier alpha value is -5.90. The summed E-state index contributed by atoms with van der Waals surface area (Å²) >= 11 is 0. The highest BCUT2D eigenvalue weighted by Crippen LogP contribution is 2.32. The molecule has 20 nitrogen and oxygen atoms in total. The van der Waals surface area contributed by atoms with Crippen molar-refractivity contribution < 1.29 is 28.4 Å². The summed E-state index contributed by atoms with van der Waals surface area (Å²) < 4.78 is 42.5. The van der Waals surface area contributed by atoms with E-state index in [-0.39, 0.29) is 19.2 Å². The zero-order valence-electron chi connectivity index (χ0n) is 35.5. The van der Waals surface area contributed by atoms with E-state index in [4.69, 9.17) is 29.7 Å². The van der Waals surface area contributed by atoms with Crippen molar-refractivity contribution in [3.05, 3.63) is 54.2 Å². The highest BCUT2D eigenvalue weighted by atomic mass is 19.1. The van der Waals surface area contributed by atoms with Crippen LogP contribution < -0.4 is 35.6 Å². The number of aliphatic hydroxyl groups excluding tert-OH is 1. The molecule has 3 atom stereocenters. The summed E-state index contributed by atoms with van der Waals surface area (Å²) in [6, 6.07) is 5.57. The molecule has 0 amide bonds. The van der Waals surface area contributed by atoms with Gasteiger partial charge < -0.3 is 54.8 Å². The maximum absolute atomic E-state index is 14.3. The lowest BCUT2D eigenvalue weighted by Gasteiger charge is -2.36. The molecule has 2 aliphatic rings. The number of aryl methyl sites for hydroxylation is 2. The van der Waals surface area contributed by atoms with E-state index in [0.29, 0.717) is 93.0 Å². The molecular weight excluding hydrogens is 802 g/mol. The number of piperidine rings is 1. The van der Waals surface area contributed by atoms with Gasteiger partial charge in [-0.1, -0.05) is 13.0 Å². The van der Waals surface area contributed by atoms with Crippen LogP contribution in [0.1, 0.15) is 43.7 Å². The molecule has 0 radical (unpaired) electrons. The van der Waals surface area contributed by atoms with Gasteiger partial charge in [-0.3, -0.25) is 4.68 Å². The van der Waals surface area contributed by atoms with Gasteiger partial charge in [-0.25, -0.2) is 19.3 Å². The van der Waals surface area contributed by atoms with Crippen LogP contribution in [-0.2, 0) is 36.0 Å². The number of nitrogens with zero attached hydrogens (tertiary/aromatic N) is 12. The first-order valence-electron chi connectivity index (χ1n) is 21.3. The van der Waals surface area contributed by atoms with E-state index in [0.717, 1.165) is 67.1 Å². The molecule has 0 aromatic carbocycles. The topological polar surface area (TPSA) is 218 Å². The standard InChI is InChI=1S/C41H56FN15O5/c1-4-28-22-47-57-33(19-34(49-38(28)57)56-11-6-5-7-29(56)10-13-58)44-20-27-8-9-35(45-21-27)62-18-17-61-16-15-60-14-12-55-25-32(40(52-55)59-3)48-37-36-39(53(2)26-46-36)51-41(50-37)54-23-30(42)31(43)24-54/h8-9,19,21-22,25-26,29-31,44,58H,4-7,10-18,20,23-24,43H2,1-3H3,(H,48,50,51)/t29-,30+,31+/m0/s1. The molecule has 6 aromatic rings. The zero-order chi connectivity index (χ0) is 43.0. The molecule has 8 heterocycles. The Kier molecular flexibility index (Phi) is 13.7. The molecule has 6 aromatic heterocycles. The molecule has 21 heteroatoms. The second kappa shape index (κ2) is 19.9. The molecule has 0 bridgehead atoms. The van der Waals surface area contributed by atoms with Crippen LogP contribution in [0.3, 0.4) is 0 Å². The van der Waals surface area contributed by atoms with Gasteiger partial charge >= 0.3 is 0 Å². The summed E-state index contributed by atoms with van der Waals surface area (Å²) in [7, 11) is 3.38. The molecule has 0 saturated carbocycles. The lowest BCUT2D eigenvalue weighted by molar-refractivity contribution is 0.0328. The lowest BCUT2D eigenvalue weighted by atomic mass is 9.99. The third-order valence-electron chi connectivity index (χ3n) is 11.2. The van der Waals surface area contributed by atoms with E-state index in [2.05, 4.69) is 58.7 Å². The summed E-state index contributed by atoms with van der Waals surface area (Å²) in [5.41, 5.74) is 10.6. The van der Waals surface area contributed by atoms with Crippen LogP contribution in [0, 0.1) is 0 Å². The third-order valence-corrected chi connectivity index (χ3v) is 11.2. The first kappa shape index (κ1) is 42.8. The highest BCUT2D eigenvalue weighted by molar-refractivity contribution is 5.87. The Bertz CT molecular complexity index is 2380. The molecule has 62 heavy (non-hydrogen) atoms. The average Bonchev–Trinajstić information content (AvgIpc) is 4.08. The Morgan fingerprint density at radius 2 is 1.85 bits per heavy atom. The van der Waals surface area contributed by atoms with Crippen molar-refractivity contribution in [2.75, 3.05) is 86.8 Å². The quantitative estimate of drug-likeness (QED) is 0.0764. The molecule has 332 valence electrons. The predicted octanol–water partition coefficient (Wildman–Crippen LogP) is 3.26. The zero-order valence-corrected chi connectivity index (χ0v) is 35.5. The highest BCUT2D eigenvalue weighted by Gasteiger charge is 2.32. The molecule has 0 aliphatic carbocycles. The minimum atomic E-state index is -1.16.